The Morgan fingerprint density at radius 3 is 2.43 bits per heavy atom. The average molecular weight is 319 g/mol. The number of aromatic nitrogens is 2. The third kappa shape index (κ3) is 3.87. The van der Waals surface area contributed by atoms with Gasteiger partial charge in [-0.2, -0.15) is 0 Å². The number of nitrogens with two attached hydrogens (primary N) is 1. The molecule has 0 saturated carbocycles. The average Bonchev–Trinajstić information content (AvgIpc) is 2.51. The van der Waals surface area contributed by atoms with Crippen molar-refractivity contribution in [1.82, 2.24) is 9.97 Å². The van der Waals surface area contributed by atoms with Crippen LogP contribution in [0.2, 0.25) is 0 Å². The summed E-state index contributed by atoms with van der Waals surface area (Å²) in [5.41, 5.74) is 3.65. The van der Waals surface area contributed by atoms with Gasteiger partial charge in [0, 0.05) is 23.8 Å². The maximum atomic E-state index is 11.6. The fourth-order valence-corrected chi connectivity index (χ4v) is 1.53. The Hall–Kier alpha value is -3.76. The number of aromatic amines is 2. The Bertz CT molecular complexity index is 867. The zero-order chi connectivity index (χ0) is 17.0. The predicted octanol–water partition coefficient (Wildman–Crippen LogP) is -0.551. The summed E-state index contributed by atoms with van der Waals surface area (Å²) in [6.45, 7) is 0. The molecule has 0 unspecified atom stereocenters. The normalized spacial score (nSPS) is 11.0. The first-order chi connectivity index (χ1) is 10.9. The zero-order valence-electron chi connectivity index (χ0n) is 11.3. The van der Waals surface area contributed by atoms with Crippen molar-refractivity contribution >= 4 is 17.5 Å². The molecule has 1 aromatic carbocycles. The van der Waals surface area contributed by atoms with Gasteiger partial charge in [0.25, 0.3) is 11.2 Å². The summed E-state index contributed by atoms with van der Waals surface area (Å²) in [6, 6.07) is 5.86. The molecule has 1 aromatic heterocycles. The van der Waals surface area contributed by atoms with Crippen LogP contribution in [0.15, 0.2) is 45.1 Å². The Morgan fingerprint density at radius 2 is 1.87 bits per heavy atom. The zero-order valence-corrected chi connectivity index (χ0v) is 11.3. The minimum absolute atomic E-state index is 0.139. The standard InChI is InChI=1S/C12H9N5O6/c13-10(6-1-3-7(4-2-6)17(21)22)16-23-11(19)8-5-9(18)15-12(20)14-8/h1-5H,(H2,13,16)(H2,14,15,18,20). The Labute approximate surface area is 126 Å². The van der Waals surface area contributed by atoms with Gasteiger partial charge < -0.3 is 15.6 Å². The number of nitrogens with zero attached hydrogens (tertiary/aromatic N) is 2. The van der Waals surface area contributed by atoms with E-state index in [4.69, 9.17) is 5.73 Å². The first-order valence-electron chi connectivity index (χ1n) is 6.00. The molecule has 0 atom stereocenters. The van der Waals surface area contributed by atoms with Crippen LogP contribution in [0, 0.1) is 10.1 Å². The molecule has 0 aliphatic heterocycles. The summed E-state index contributed by atoms with van der Waals surface area (Å²) < 4.78 is 0. The number of amidine groups is 1. The van der Waals surface area contributed by atoms with Crippen molar-refractivity contribution in [2.24, 2.45) is 10.9 Å². The highest BCUT2D eigenvalue weighted by Gasteiger charge is 2.11. The quantitative estimate of drug-likeness (QED) is 0.223. The van der Waals surface area contributed by atoms with Gasteiger partial charge in [-0.1, -0.05) is 5.16 Å². The monoisotopic (exact) mass is 319 g/mol. The number of rotatable bonds is 4. The van der Waals surface area contributed by atoms with Crippen LogP contribution in [-0.4, -0.2) is 26.7 Å². The van der Waals surface area contributed by atoms with Gasteiger partial charge in [-0.3, -0.25) is 19.9 Å². The molecule has 0 aliphatic rings. The van der Waals surface area contributed by atoms with E-state index in [2.05, 4.69) is 15.0 Å². The van der Waals surface area contributed by atoms with Crippen molar-refractivity contribution in [1.29, 1.82) is 0 Å². The molecule has 118 valence electrons. The number of benzene rings is 1. The first-order valence-corrected chi connectivity index (χ1v) is 6.00. The molecule has 11 heteroatoms. The van der Waals surface area contributed by atoms with Gasteiger partial charge in [-0.05, 0) is 12.1 Å². The molecule has 2 aromatic rings. The van der Waals surface area contributed by atoms with Gasteiger partial charge in [-0.15, -0.1) is 0 Å². The third-order valence-electron chi connectivity index (χ3n) is 2.58. The SMILES string of the molecule is N/C(=N\OC(=O)c1cc(=O)[nH]c(=O)[nH]1)c1ccc([N+](=O)[O-])cc1. The summed E-state index contributed by atoms with van der Waals surface area (Å²) in [7, 11) is 0. The molecular weight excluding hydrogens is 310 g/mol. The lowest BCUT2D eigenvalue weighted by Crippen LogP contribution is -2.25. The van der Waals surface area contributed by atoms with E-state index < -0.39 is 27.8 Å². The van der Waals surface area contributed by atoms with Crippen molar-refractivity contribution in [3.63, 3.8) is 0 Å². The molecule has 0 bridgehead atoms. The van der Waals surface area contributed by atoms with Crippen LogP contribution < -0.4 is 17.0 Å². The van der Waals surface area contributed by atoms with E-state index in [0.717, 1.165) is 6.07 Å². The molecule has 0 aliphatic carbocycles. The van der Waals surface area contributed by atoms with Gasteiger partial charge in [0.15, 0.2) is 5.84 Å². The summed E-state index contributed by atoms with van der Waals surface area (Å²) >= 11 is 0. The fourth-order valence-electron chi connectivity index (χ4n) is 1.53. The van der Waals surface area contributed by atoms with Crippen molar-refractivity contribution in [3.05, 3.63) is 72.5 Å². The van der Waals surface area contributed by atoms with E-state index >= 15 is 0 Å². The number of carbonyl (C=O) groups is 1. The van der Waals surface area contributed by atoms with Crippen LogP contribution in [0.4, 0.5) is 5.69 Å². The summed E-state index contributed by atoms with van der Waals surface area (Å²) in [5.74, 6) is -1.32. The summed E-state index contributed by atoms with van der Waals surface area (Å²) in [5, 5.41) is 13.9. The molecule has 0 amide bonds. The number of H-pyrrole nitrogens is 2. The van der Waals surface area contributed by atoms with E-state index in [1.54, 1.807) is 0 Å². The van der Waals surface area contributed by atoms with E-state index in [1.807, 2.05) is 4.98 Å². The lowest BCUT2D eigenvalue weighted by atomic mass is 10.2. The second kappa shape index (κ2) is 6.34. The Kier molecular flexibility index (Phi) is 4.31. The van der Waals surface area contributed by atoms with Crippen LogP contribution in [-0.2, 0) is 4.84 Å². The largest absolute Gasteiger partial charge is 0.382 e. The number of hydrogen-bond donors (Lipinski definition) is 3. The van der Waals surface area contributed by atoms with Gasteiger partial charge in [0.1, 0.15) is 5.69 Å². The van der Waals surface area contributed by atoms with Gasteiger partial charge in [0.05, 0.1) is 4.92 Å². The van der Waals surface area contributed by atoms with Crippen LogP contribution in [0.3, 0.4) is 0 Å². The van der Waals surface area contributed by atoms with E-state index in [9.17, 15) is 24.5 Å². The number of non-ortho nitro benzene ring substituents is 1. The molecular formula is C12H9N5O6. The van der Waals surface area contributed by atoms with Crippen LogP contribution >= 0.6 is 0 Å². The molecule has 11 nitrogen and oxygen atoms in total. The number of carbonyl (C=O) groups excluding carboxylic acids is 1. The second-order valence-electron chi connectivity index (χ2n) is 4.16. The minimum atomic E-state index is -1.10. The third-order valence-corrected chi connectivity index (χ3v) is 2.58. The number of hydrogen-bond acceptors (Lipinski definition) is 7. The number of nitrogens with one attached hydrogen (secondary N) is 2. The fraction of sp³-hybridized carbons (Fsp3) is 0. The van der Waals surface area contributed by atoms with Gasteiger partial charge in [0.2, 0.25) is 0 Å². The van der Waals surface area contributed by atoms with Gasteiger partial charge in [-0.25, -0.2) is 9.59 Å². The van der Waals surface area contributed by atoms with E-state index in [1.165, 1.54) is 24.3 Å². The molecule has 2 rings (SSSR count). The second-order valence-corrected chi connectivity index (χ2v) is 4.16. The van der Waals surface area contributed by atoms with Crippen LogP contribution in [0.25, 0.3) is 0 Å². The van der Waals surface area contributed by atoms with Crippen LogP contribution in [0.5, 0.6) is 0 Å². The number of oxime groups is 1. The molecule has 0 radical (unpaired) electrons. The summed E-state index contributed by atoms with van der Waals surface area (Å²) in [6.07, 6.45) is 0. The molecule has 23 heavy (non-hydrogen) atoms. The highest BCUT2D eigenvalue weighted by molar-refractivity contribution is 5.98. The van der Waals surface area contributed by atoms with Crippen molar-refractivity contribution in [2.75, 3.05) is 0 Å². The van der Waals surface area contributed by atoms with E-state index in [0.29, 0.717) is 0 Å². The molecule has 0 saturated heterocycles. The first kappa shape index (κ1) is 15.6. The maximum Gasteiger partial charge on any atom is 0.382 e. The number of nitro benzene ring substituents is 1. The highest BCUT2D eigenvalue weighted by Crippen LogP contribution is 2.11. The number of nitro groups is 1. The minimum Gasteiger partial charge on any atom is -0.380 e. The Balaban J connectivity index is 2.15. The van der Waals surface area contributed by atoms with Crippen LogP contribution in [0.1, 0.15) is 16.1 Å². The molecule has 0 spiro atoms. The smallest absolute Gasteiger partial charge is 0.380 e. The van der Waals surface area contributed by atoms with Crippen molar-refractivity contribution in [3.8, 4) is 0 Å². The van der Waals surface area contributed by atoms with Gasteiger partial charge >= 0.3 is 11.7 Å². The highest BCUT2D eigenvalue weighted by atomic mass is 16.7. The summed E-state index contributed by atoms with van der Waals surface area (Å²) in [4.78, 5) is 52.1. The van der Waals surface area contributed by atoms with E-state index in [-0.39, 0.29) is 17.1 Å². The molecule has 1 heterocycles. The lowest BCUT2D eigenvalue weighted by molar-refractivity contribution is -0.384. The topological polar surface area (TPSA) is 174 Å². The predicted molar refractivity (Wildman–Crippen MR) is 76.9 cm³/mol. The molecule has 0 fully saturated rings. The Morgan fingerprint density at radius 1 is 1.22 bits per heavy atom. The van der Waals surface area contributed by atoms with Crippen molar-refractivity contribution in [2.45, 2.75) is 0 Å². The molecule has 4 N–H and O–H groups in total. The van der Waals surface area contributed by atoms with Crippen molar-refractivity contribution < 1.29 is 14.6 Å². The lowest BCUT2D eigenvalue weighted by Gasteiger charge is -2.01. The maximum absolute atomic E-state index is 11.6.